The largest absolute Gasteiger partial charge is 0.442 e. The number of rotatable bonds is 5. The normalized spacial score (nSPS) is 20.8. The van der Waals surface area contributed by atoms with Gasteiger partial charge in [-0.05, 0) is 33.1 Å². The third-order valence-corrected chi connectivity index (χ3v) is 7.01. The second-order valence-corrected chi connectivity index (χ2v) is 9.45. The summed E-state index contributed by atoms with van der Waals surface area (Å²) in [6.07, 6.45) is 6.93. The van der Waals surface area contributed by atoms with Crippen LogP contribution in [-0.2, 0) is 17.7 Å². The van der Waals surface area contributed by atoms with Gasteiger partial charge in [0.1, 0.15) is 36.3 Å². The average Bonchev–Trinajstić information content (AvgIpc) is 3.39. The van der Waals surface area contributed by atoms with E-state index in [1.807, 2.05) is 18.9 Å². The molecule has 3 aromatic rings. The van der Waals surface area contributed by atoms with Crippen LogP contribution in [0, 0.1) is 6.92 Å². The summed E-state index contributed by atoms with van der Waals surface area (Å²) >= 11 is 0. The van der Waals surface area contributed by atoms with E-state index in [1.165, 1.54) is 6.33 Å². The van der Waals surface area contributed by atoms with E-state index in [1.54, 1.807) is 6.33 Å². The van der Waals surface area contributed by atoms with Crippen LogP contribution in [0.4, 0.5) is 11.6 Å². The van der Waals surface area contributed by atoms with Crippen molar-refractivity contribution in [3.05, 3.63) is 35.2 Å². The van der Waals surface area contributed by atoms with Crippen LogP contribution in [0.1, 0.15) is 53.6 Å². The maximum atomic E-state index is 13.7. The minimum atomic E-state index is -0.0912. The van der Waals surface area contributed by atoms with Gasteiger partial charge in [-0.15, -0.1) is 0 Å². The summed E-state index contributed by atoms with van der Waals surface area (Å²) in [5.74, 6) is 2.01. The van der Waals surface area contributed by atoms with Crippen molar-refractivity contribution in [1.29, 1.82) is 0 Å². The molecule has 33 heavy (non-hydrogen) atoms. The first-order valence-corrected chi connectivity index (χ1v) is 11.4. The van der Waals surface area contributed by atoms with Gasteiger partial charge in [-0.1, -0.05) is 0 Å². The van der Waals surface area contributed by atoms with E-state index < -0.39 is 0 Å². The van der Waals surface area contributed by atoms with Gasteiger partial charge in [0.15, 0.2) is 0 Å². The Balaban J connectivity index is 1.32. The summed E-state index contributed by atoms with van der Waals surface area (Å²) in [6.45, 7) is 5.74. The number of nitrogens with one attached hydrogen (secondary N) is 1. The van der Waals surface area contributed by atoms with E-state index >= 15 is 0 Å². The Morgan fingerprint density at radius 2 is 2.03 bits per heavy atom. The highest BCUT2D eigenvalue weighted by molar-refractivity contribution is 6.10. The Hall–Kier alpha value is -3.27. The first kappa shape index (κ1) is 20.3. The van der Waals surface area contributed by atoms with E-state index in [9.17, 15) is 4.79 Å². The van der Waals surface area contributed by atoms with Crippen LogP contribution in [0.15, 0.2) is 17.1 Å². The SMILES string of the molecule is Cc1oc2ncnc(NC3(C)CC3)c2c1C(=O)N1CCc2c(ncnc2N(C)C2CCO2)C1. The van der Waals surface area contributed by atoms with Gasteiger partial charge in [0.25, 0.3) is 5.91 Å². The van der Waals surface area contributed by atoms with Gasteiger partial charge >= 0.3 is 0 Å². The standard InChI is InChI=1S/C23H27N7O3/c1-13-17(18-19(28-23(2)6-7-23)25-12-27-21(18)33-13)22(31)30-8-4-14-15(10-30)24-11-26-20(14)29(3)16-5-9-32-16/h11-12,16H,4-10H2,1-3H3,(H,25,27,28). The minimum Gasteiger partial charge on any atom is -0.442 e. The van der Waals surface area contributed by atoms with Crippen molar-refractivity contribution in [2.75, 3.05) is 30.4 Å². The first-order chi connectivity index (χ1) is 15.9. The topological polar surface area (TPSA) is 110 Å². The third-order valence-electron chi connectivity index (χ3n) is 7.01. The van der Waals surface area contributed by atoms with Crippen molar-refractivity contribution >= 4 is 28.6 Å². The molecule has 6 rings (SSSR count). The van der Waals surface area contributed by atoms with Gasteiger partial charge in [-0.3, -0.25) is 4.79 Å². The predicted molar refractivity (Wildman–Crippen MR) is 121 cm³/mol. The van der Waals surface area contributed by atoms with Crippen LogP contribution in [0.2, 0.25) is 0 Å². The summed E-state index contributed by atoms with van der Waals surface area (Å²) in [5, 5.41) is 4.14. The molecule has 1 N–H and O–H groups in total. The van der Waals surface area contributed by atoms with Crippen molar-refractivity contribution in [2.45, 2.75) is 57.8 Å². The number of amides is 1. The zero-order valence-corrected chi connectivity index (χ0v) is 19.1. The molecule has 0 radical (unpaired) electrons. The smallest absolute Gasteiger partial charge is 0.258 e. The number of furan rings is 1. The lowest BCUT2D eigenvalue weighted by atomic mass is 10.0. The Labute approximate surface area is 191 Å². The maximum absolute atomic E-state index is 13.7. The molecule has 0 aromatic carbocycles. The van der Waals surface area contributed by atoms with E-state index in [0.29, 0.717) is 47.8 Å². The molecular formula is C23H27N7O3. The molecule has 10 nitrogen and oxygen atoms in total. The third kappa shape index (κ3) is 3.40. The fourth-order valence-corrected chi connectivity index (χ4v) is 4.63. The van der Waals surface area contributed by atoms with Gasteiger partial charge in [-0.2, -0.15) is 0 Å². The van der Waals surface area contributed by atoms with Crippen LogP contribution >= 0.6 is 0 Å². The summed E-state index contributed by atoms with van der Waals surface area (Å²) in [7, 11) is 2.00. The Kier molecular flexibility index (Phi) is 4.55. The number of aryl methyl sites for hydroxylation is 1. The van der Waals surface area contributed by atoms with Gasteiger partial charge in [-0.25, -0.2) is 19.9 Å². The van der Waals surface area contributed by atoms with Crippen molar-refractivity contribution in [1.82, 2.24) is 24.8 Å². The molecule has 10 heteroatoms. The van der Waals surface area contributed by atoms with Gasteiger partial charge < -0.3 is 24.3 Å². The van der Waals surface area contributed by atoms with Crippen LogP contribution in [0.5, 0.6) is 0 Å². The van der Waals surface area contributed by atoms with E-state index in [2.05, 4.69) is 37.1 Å². The molecule has 1 amide bonds. The van der Waals surface area contributed by atoms with Crippen molar-refractivity contribution < 1.29 is 13.9 Å². The summed E-state index contributed by atoms with van der Waals surface area (Å²) in [4.78, 5) is 35.4. The number of aromatic nitrogens is 4. The molecule has 1 saturated carbocycles. The van der Waals surface area contributed by atoms with Gasteiger partial charge in [0.05, 0.1) is 29.8 Å². The molecule has 5 heterocycles. The lowest BCUT2D eigenvalue weighted by Gasteiger charge is -2.37. The van der Waals surface area contributed by atoms with Crippen LogP contribution in [0.25, 0.3) is 11.1 Å². The maximum Gasteiger partial charge on any atom is 0.258 e. The monoisotopic (exact) mass is 449 g/mol. The Bertz CT molecular complexity index is 1250. The fraction of sp³-hybridized carbons (Fsp3) is 0.522. The lowest BCUT2D eigenvalue weighted by molar-refractivity contribution is -0.0487. The molecule has 1 unspecified atom stereocenters. The molecule has 0 spiro atoms. The van der Waals surface area contributed by atoms with Crippen LogP contribution in [-0.4, -0.2) is 62.7 Å². The molecule has 3 aliphatic rings. The minimum absolute atomic E-state index is 0.0142. The Morgan fingerprint density at radius 3 is 2.76 bits per heavy atom. The van der Waals surface area contributed by atoms with Crippen LogP contribution < -0.4 is 10.2 Å². The highest BCUT2D eigenvalue weighted by atomic mass is 16.5. The molecule has 3 aromatic heterocycles. The number of nitrogens with zero attached hydrogens (tertiary/aromatic N) is 6. The lowest BCUT2D eigenvalue weighted by Crippen LogP contribution is -2.44. The van der Waals surface area contributed by atoms with E-state index in [-0.39, 0.29) is 17.7 Å². The Morgan fingerprint density at radius 1 is 1.24 bits per heavy atom. The highest BCUT2D eigenvalue weighted by Gasteiger charge is 2.39. The molecule has 2 fully saturated rings. The molecular weight excluding hydrogens is 422 g/mol. The summed E-state index contributed by atoms with van der Waals surface area (Å²) in [6, 6.07) is 0. The molecule has 1 atom stereocenters. The molecule has 1 aliphatic carbocycles. The first-order valence-electron chi connectivity index (χ1n) is 11.4. The number of anilines is 2. The molecule has 172 valence electrons. The van der Waals surface area contributed by atoms with E-state index in [0.717, 1.165) is 42.9 Å². The van der Waals surface area contributed by atoms with Crippen molar-refractivity contribution in [2.24, 2.45) is 0 Å². The molecule has 2 aliphatic heterocycles. The fourth-order valence-electron chi connectivity index (χ4n) is 4.63. The molecule has 1 saturated heterocycles. The zero-order chi connectivity index (χ0) is 22.7. The van der Waals surface area contributed by atoms with Gasteiger partial charge in [0.2, 0.25) is 5.71 Å². The predicted octanol–water partition coefficient (Wildman–Crippen LogP) is 2.67. The average molecular weight is 450 g/mol. The second-order valence-electron chi connectivity index (χ2n) is 9.45. The number of fused-ring (bicyclic) bond motifs is 2. The number of carbonyl (C=O) groups excluding carboxylic acids is 1. The number of hydrogen-bond acceptors (Lipinski definition) is 9. The summed E-state index contributed by atoms with van der Waals surface area (Å²) in [5.41, 5.74) is 2.93. The zero-order valence-electron chi connectivity index (χ0n) is 19.1. The number of carbonyl (C=O) groups is 1. The van der Waals surface area contributed by atoms with Crippen molar-refractivity contribution in [3.8, 4) is 0 Å². The van der Waals surface area contributed by atoms with E-state index in [4.69, 9.17) is 9.15 Å². The quantitative estimate of drug-likeness (QED) is 0.628. The van der Waals surface area contributed by atoms with Crippen molar-refractivity contribution in [3.63, 3.8) is 0 Å². The number of hydrogen-bond donors (Lipinski definition) is 1. The summed E-state index contributed by atoms with van der Waals surface area (Å²) < 4.78 is 11.5. The van der Waals surface area contributed by atoms with Gasteiger partial charge in [0, 0.05) is 31.1 Å². The molecule has 0 bridgehead atoms. The second kappa shape index (κ2) is 7.38. The van der Waals surface area contributed by atoms with Crippen LogP contribution in [0.3, 0.4) is 0 Å². The number of ether oxygens (including phenoxy) is 1. The highest BCUT2D eigenvalue weighted by Crippen LogP contribution is 2.40.